The smallest absolute Gasteiger partial charge is 0.353 e. The van der Waals surface area contributed by atoms with E-state index >= 15 is 0 Å². The molecule has 1 amide bonds. The summed E-state index contributed by atoms with van der Waals surface area (Å²) in [6.07, 6.45) is -0.831. The van der Waals surface area contributed by atoms with Gasteiger partial charge in [0.05, 0.1) is 0 Å². The second-order valence-electron chi connectivity index (χ2n) is 4.82. The molecule has 1 heterocycles. The highest BCUT2D eigenvalue weighted by Crippen LogP contribution is 2.15. The van der Waals surface area contributed by atoms with Crippen molar-refractivity contribution in [3.8, 4) is 0 Å². The number of amides is 1. The Labute approximate surface area is 116 Å². The van der Waals surface area contributed by atoms with Crippen LogP contribution in [0.4, 0.5) is 0 Å². The number of hydrogen-bond donors (Lipinski definition) is 1. The number of carboxylic acid groups (broad SMARTS) is 1. The molecule has 20 heavy (non-hydrogen) atoms. The zero-order valence-electron chi connectivity index (χ0n) is 11.4. The van der Waals surface area contributed by atoms with Crippen LogP contribution in [0.2, 0.25) is 0 Å². The van der Waals surface area contributed by atoms with E-state index in [2.05, 4.69) is 5.16 Å². The van der Waals surface area contributed by atoms with Crippen LogP contribution in [0.15, 0.2) is 29.4 Å². The third-order valence-corrected chi connectivity index (χ3v) is 3.07. The van der Waals surface area contributed by atoms with Crippen LogP contribution in [0.1, 0.15) is 17.5 Å². The highest BCUT2D eigenvalue weighted by molar-refractivity contribution is 6.36. The van der Waals surface area contributed by atoms with Gasteiger partial charge in [-0.2, -0.15) is 0 Å². The number of aryl methyl sites for hydroxylation is 1. The summed E-state index contributed by atoms with van der Waals surface area (Å²) in [5.41, 5.74) is 2.02. The van der Waals surface area contributed by atoms with Crippen LogP contribution in [0, 0.1) is 6.92 Å². The van der Waals surface area contributed by atoms with E-state index in [0.29, 0.717) is 6.54 Å². The molecule has 1 aliphatic rings. The van der Waals surface area contributed by atoms with Crippen molar-refractivity contribution in [1.29, 1.82) is 0 Å². The molecule has 0 radical (unpaired) electrons. The fourth-order valence-corrected chi connectivity index (χ4v) is 2.04. The lowest BCUT2D eigenvalue weighted by Gasteiger charge is -2.20. The zero-order valence-corrected chi connectivity index (χ0v) is 11.4. The van der Waals surface area contributed by atoms with Crippen molar-refractivity contribution in [2.45, 2.75) is 26.0 Å². The molecule has 0 aromatic heterocycles. The third kappa shape index (κ3) is 3.14. The summed E-state index contributed by atoms with van der Waals surface area (Å²) in [5, 5.41) is 12.2. The number of hydrogen-bond acceptors (Lipinski definition) is 4. The normalized spacial score (nSPS) is 17.3. The van der Waals surface area contributed by atoms with Gasteiger partial charge >= 0.3 is 5.97 Å². The van der Waals surface area contributed by atoms with Crippen molar-refractivity contribution < 1.29 is 19.5 Å². The molecule has 6 nitrogen and oxygen atoms in total. The molecule has 1 aromatic rings. The fraction of sp³-hybridized carbons (Fsp3) is 0.357. The molecular weight excluding hydrogens is 260 g/mol. The van der Waals surface area contributed by atoms with Crippen molar-refractivity contribution in [1.82, 2.24) is 4.90 Å². The number of rotatable bonds is 4. The Morgan fingerprint density at radius 3 is 2.85 bits per heavy atom. The first-order valence-corrected chi connectivity index (χ1v) is 6.24. The van der Waals surface area contributed by atoms with E-state index in [-0.39, 0.29) is 18.0 Å². The molecule has 106 valence electrons. The van der Waals surface area contributed by atoms with Gasteiger partial charge < -0.3 is 14.8 Å². The van der Waals surface area contributed by atoms with E-state index in [0.717, 1.165) is 11.1 Å². The van der Waals surface area contributed by atoms with Gasteiger partial charge in [-0.1, -0.05) is 35.0 Å². The first kappa shape index (κ1) is 14.0. The summed E-state index contributed by atoms with van der Waals surface area (Å²) in [6.45, 7) is 2.43. The molecule has 1 aromatic carbocycles. The lowest BCUT2D eigenvalue weighted by molar-refractivity contribution is -0.141. The van der Waals surface area contributed by atoms with Gasteiger partial charge in [0.25, 0.3) is 5.91 Å². The largest absolute Gasteiger partial charge is 0.477 e. The van der Waals surface area contributed by atoms with E-state index in [1.807, 2.05) is 31.2 Å². The van der Waals surface area contributed by atoms with Crippen molar-refractivity contribution in [3.05, 3.63) is 35.4 Å². The fourth-order valence-electron chi connectivity index (χ4n) is 2.04. The number of carbonyl (C=O) groups excluding carboxylic acids is 1. The molecule has 0 saturated carbocycles. The highest BCUT2D eigenvalue weighted by atomic mass is 16.6. The third-order valence-electron chi connectivity index (χ3n) is 3.07. The van der Waals surface area contributed by atoms with Crippen LogP contribution in [0.25, 0.3) is 0 Å². The Morgan fingerprint density at radius 2 is 2.25 bits per heavy atom. The van der Waals surface area contributed by atoms with Crippen LogP contribution in [0.3, 0.4) is 0 Å². The number of likely N-dealkylation sites (N-methyl/N-ethyl adjacent to an activating group) is 1. The van der Waals surface area contributed by atoms with Crippen LogP contribution in [0.5, 0.6) is 0 Å². The first-order chi connectivity index (χ1) is 9.47. The van der Waals surface area contributed by atoms with Gasteiger partial charge in [-0.05, 0) is 12.5 Å². The molecule has 6 heteroatoms. The SMILES string of the molecule is Cc1cccc(CN(C)C(=O)C2CC(C(=O)O)=NO2)c1. The average molecular weight is 276 g/mol. The maximum atomic E-state index is 12.1. The van der Waals surface area contributed by atoms with Crippen molar-refractivity contribution in [3.63, 3.8) is 0 Å². The molecule has 1 unspecified atom stereocenters. The number of aliphatic carboxylic acids is 1. The minimum Gasteiger partial charge on any atom is -0.477 e. The van der Waals surface area contributed by atoms with Crippen molar-refractivity contribution in [2.24, 2.45) is 5.16 Å². The summed E-state index contributed by atoms with van der Waals surface area (Å²) in [5.74, 6) is -1.42. The summed E-state index contributed by atoms with van der Waals surface area (Å²) in [6, 6.07) is 7.85. The Bertz CT molecular complexity index is 568. The number of nitrogens with zero attached hydrogens (tertiary/aromatic N) is 2. The van der Waals surface area contributed by atoms with Gasteiger partial charge in [-0.15, -0.1) is 0 Å². The lowest BCUT2D eigenvalue weighted by Crippen LogP contribution is -2.36. The molecule has 1 atom stereocenters. The maximum Gasteiger partial charge on any atom is 0.353 e. The summed E-state index contributed by atoms with van der Waals surface area (Å²) < 4.78 is 0. The van der Waals surface area contributed by atoms with Crippen molar-refractivity contribution in [2.75, 3.05) is 7.05 Å². The predicted molar refractivity (Wildman–Crippen MR) is 72.2 cm³/mol. The van der Waals surface area contributed by atoms with Gasteiger partial charge in [-0.25, -0.2) is 4.79 Å². The highest BCUT2D eigenvalue weighted by Gasteiger charge is 2.33. The van der Waals surface area contributed by atoms with Gasteiger partial charge in [0.15, 0.2) is 5.71 Å². The van der Waals surface area contributed by atoms with Gasteiger partial charge in [-0.3, -0.25) is 4.79 Å². The second-order valence-corrected chi connectivity index (χ2v) is 4.82. The van der Waals surface area contributed by atoms with E-state index in [1.165, 1.54) is 4.90 Å². The monoisotopic (exact) mass is 276 g/mol. The van der Waals surface area contributed by atoms with E-state index in [4.69, 9.17) is 9.94 Å². The maximum absolute atomic E-state index is 12.1. The zero-order chi connectivity index (χ0) is 14.7. The topological polar surface area (TPSA) is 79.2 Å². The van der Waals surface area contributed by atoms with E-state index < -0.39 is 12.1 Å². The number of carbonyl (C=O) groups is 2. The molecule has 1 N–H and O–H groups in total. The molecule has 0 spiro atoms. The van der Waals surface area contributed by atoms with Crippen LogP contribution >= 0.6 is 0 Å². The molecule has 2 rings (SSSR count). The minimum atomic E-state index is -1.15. The Morgan fingerprint density at radius 1 is 1.50 bits per heavy atom. The number of benzene rings is 1. The lowest BCUT2D eigenvalue weighted by atomic mass is 10.1. The minimum absolute atomic E-state index is 0.00627. The Hall–Kier alpha value is -2.37. The number of carboxylic acids is 1. The van der Waals surface area contributed by atoms with Crippen molar-refractivity contribution >= 4 is 17.6 Å². The van der Waals surface area contributed by atoms with Gasteiger partial charge in [0.1, 0.15) is 0 Å². The molecule has 0 aliphatic carbocycles. The van der Waals surface area contributed by atoms with Crippen LogP contribution in [-0.4, -0.2) is 40.7 Å². The summed E-state index contributed by atoms with van der Waals surface area (Å²) in [4.78, 5) is 29.3. The Balaban J connectivity index is 1.95. The predicted octanol–water partition coefficient (Wildman–Crippen LogP) is 1.18. The molecular formula is C14H16N2O4. The van der Waals surface area contributed by atoms with E-state index in [1.54, 1.807) is 7.05 Å². The molecule has 1 aliphatic heterocycles. The van der Waals surface area contributed by atoms with Gasteiger partial charge in [0.2, 0.25) is 6.10 Å². The van der Waals surface area contributed by atoms with Gasteiger partial charge in [0, 0.05) is 20.0 Å². The molecule has 0 fully saturated rings. The second kappa shape index (κ2) is 5.73. The van der Waals surface area contributed by atoms with Crippen LogP contribution in [-0.2, 0) is 21.0 Å². The molecule has 0 bridgehead atoms. The van der Waals surface area contributed by atoms with Crippen LogP contribution < -0.4 is 0 Å². The molecule has 0 saturated heterocycles. The average Bonchev–Trinajstić information content (AvgIpc) is 2.87. The first-order valence-electron chi connectivity index (χ1n) is 6.24. The quantitative estimate of drug-likeness (QED) is 0.895. The summed E-state index contributed by atoms with van der Waals surface area (Å²) in [7, 11) is 1.66. The Kier molecular flexibility index (Phi) is 4.02. The number of oxime groups is 1. The standard InChI is InChI=1S/C14H16N2O4/c1-9-4-3-5-10(6-9)8-16(2)13(17)12-7-11(14(18)19)15-20-12/h3-6,12H,7-8H2,1-2H3,(H,18,19). The van der Waals surface area contributed by atoms with E-state index in [9.17, 15) is 9.59 Å². The summed E-state index contributed by atoms with van der Waals surface area (Å²) >= 11 is 0.